The van der Waals surface area contributed by atoms with Crippen LogP contribution in [-0.2, 0) is 17.2 Å². The third kappa shape index (κ3) is 13.1. The molecule has 0 atom stereocenters. The van der Waals surface area contributed by atoms with Crippen molar-refractivity contribution >= 4 is 12.7 Å². The van der Waals surface area contributed by atoms with Crippen LogP contribution in [0.2, 0.25) is 0 Å². The summed E-state index contributed by atoms with van der Waals surface area (Å²) >= 11 is 2.33. The Morgan fingerprint density at radius 2 is 0.919 bits per heavy atom. The third-order valence-corrected chi connectivity index (χ3v) is 11.4. The first-order valence-corrected chi connectivity index (χ1v) is 15.9. The average Bonchev–Trinajstić information content (AvgIpc) is 2.90. The summed E-state index contributed by atoms with van der Waals surface area (Å²) in [4.78, 5) is 0. The summed E-state index contributed by atoms with van der Waals surface area (Å²) in [7, 11) is -1.69. The van der Waals surface area contributed by atoms with Crippen LogP contribution in [0.4, 0.5) is 5.69 Å². The molecule has 37 heavy (non-hydrogen) atoms. The molecule has 0 heterocycles. The van der Waals surface area contributed by atoms with E-state index in [9.17, 15) is 5.16 Å². The van der Waals surface area contributed by atoms with Crippen LogP contribution in [0, 0.1) is 12.1 Å². The van der Waals surface area contributed by atoms with Gasteiger partial charge in [0.05, 0.1) is 0 Å². The van der Waals surface area contributed by atoms with E-state index in [2.05, 4.69) is 121 Å². The molecule has 0 bridgehead atoms. The number of benzene rings is 3. The molecule has 0 aliphatic heterocycles. The van der Waals surface area contributed by atoms with Gasteiger partial charge in [-0.15, -0.1) is 0 Å². The minimum atomic E-state index is -1.69. The number of rotatable bonds is 6. The molecule has 0 unspecified atom stereocenters. The van der Waals surface area contributed by atoms with Gasteiger partial charge < -0.3 is 5.16 Å². The van der Waals surface area contributed by atoms with Crippen molar-refractivity contribution in [3.63, 3.8) is 0 Å². The van der Waals surface area contributed by atoms with E-state index in [1.807, 2.05) is 60.7 Å². The Labute approximate surface area is 238 Å². The summed E-state index contributed by atoms with van der Waals surface area (Å²) in [6.45, 7) is 21.6. The second-order valence-electron chi connectivity index (χ2n) is 10.4. The molecule has 0 amide bonds. The van der Waals surface area contributed by atoms with Crippen molar-refractivity contribution < 1.29 is 17.2 Å². The fraction of sp³-hybridized carbons (Fsp3) is 0.455. The van der Waals surface area contributed by atoms with Crippen LogP contribution in [0.5, 0.6) is 0 Å². The Kier molecular flexibility index (Phi) is 18.5. The second kappa shape index (κ2) is 19.4. The van der Waals surface area contributed by atoms with Gasteiger partial charge in [-0.3, -0.25) is 0 Å². The van der Waals surface area contributed by atoms with Crippen molar-refractivity contribution in [1.29, 1.82) is 0 Å². The molecule has 203 valence electrons. The van der Waals surface area contributed by atoms with Gasteiger partial charge in [-0.1, -0.05) is 41.5 Å². The van der Waals surface area contributed by atoms with Gasteiger partial charge in [0.25, 0.3) is 0 Å². The summed E-state index contributed by atoms with van der Waals surface area (Å²) in [5.41, 5.74) is 5.19. The van der Waals surface area contributed by atoms with E-state index in [0.717, 1.165) is 5.69 Å². The van der Waals surface area contributed by atoms with Crippen LogP contribution < -0.4 is 0 Å². The van der Waals surface area contributed by atoms with E-state index in [1.165, 1.54) is 11.1 Å². The van der Waals surface area contributed by atoms with Crippen LogP contribution in [0.3, 0.4) is 0 Å². The van der Waals surface area contributed by atoms with Gasteiger partial charge >= 0.3 is 95.6 Å². The summed E-state index contributed by atoms with van der Waals surface area (Å²) in [6, 6.07) is 31.5. The molecular weight excluding hydrogens is 506 g/mol. The number of nitrogens with zero attached hydrogens (tertiary/aromatic N) is 2. The Morgan fingerprint density at radius 1 is 0.595 bits per heavy atom. The topological polar surface area (TPSA) is 34.7 Å². The first-order valence-electron chi connectivity index (χ1n) is 13.3. The minimum Gasteiger partial charge on any atom is -0.184 e. The Hall–Kier alpha value is -1.73. The minimum absolute atomic E-state index is 0.447. The number of hydrogen-bond acceptors (Lipinski definition) is 1. The van der Waals surface area contributed by atoms with Gasteiger partial charge in [0, 0.05) is 0 Å². The van der Waals surface area contributed by atoms with Gasteiger partial charge in [-0.2, -0.15) is 72.8 Å². The van der Waals surface area contributed by atoms with E-state index in [1.54, 1.807) is 0 Å². The van der Waals surface area contributed by atoms with Crippen molar-refractivity contribution in [2.24, 2.45) is 3.79 Å². The van der Waals surface area contributed by atoms with Crippen molar-refractivity contribution in [3.05, 3.63) is 107 Å². The van der Waals surface area contributed by atoms with Crippen LogP contribution in [0.15, 0.2) is 82.7 Å². The molecule has 2 nitrogen and oxygen atoms in total. The zero-order valence-electron chi connectivity index (χ0n) is 24.7. The standard InChI is InChI=1S/C12H17N.C9H21NP.2C6H5.V/c1-8(2)10-6-5-7-11(9(3)4)12(10)13;1-7(2)11(10,8(3)4)9(5)6;2*1-2-4-6-5-3-1;/h5-9H,1-4H3;7-9H,1-6H3;2*1-5H;/q;3*-1;. The maximum absolute atomic E-state index is 10.4. The summed E-state index contributed by atoms with van der Waals surface area (Å²) in [5.74, 6) is 1.08. The first-order chi connectivity index (χ1) is 17.4. The van der Waals surface area contributed by atoms with Crippen molar-refractivity contribution in [2.75, 3.05) is 0 Å². The van der Waals surface area contributed by atoms with Crippen molar-refractivity contribution in [2.45, 2.75) is 98.1 Å². The molecule has 0 spiro atoms. The zero-order valence-corrected chi connectivity index (χ0v) is 27.0. The summed E-state index contributed by atoms with van der Waals surface area (Å²) < 4.78 is 4.35. The summed E-state index contributed by atoms with van der Waals surface area (Å²) in [6.07, 6.45) is 0. The molecule has 3 aromatic carbocycles. The third-order valence-electron chi connectivity index (χ3n) is 6.14. The van der Waals surface area contributed by atoms with Gasteiger partial charge in [0.15, 0.2) is 0 Å². The average molecular weight is 555 g/mol. The normalized spacial score (nSPS) is 10.8. The first kappa shape index (κ1) is 35.3. The van der Waals surface area contributed by atoms with Gasteiger partial charge in [-0.25, -0.2) is 7.05 Å². The maximum Gasteiger partial charge on any atom is -0.171 e. The Bertz CT molecular complexity index is 873. The van der Waals surface area contributed by atoms with E-state index in [0.29, 0.717) is 28.8 Å². The van der Waals surface area contributed by atoms with E-state index >= 15 is 0 Å². The smallest absolute Gasteiger partial charge is 0.171 e. The quantitative estimate of drug-likeness (QED) is 0.215. The van der Waals surface area contributed by atoms with E-state index in [-0.39, 0.29) is 0 Å². The van der Waals surface area contributed by atoms with E-state index < -0.39 is 7.05 Å². The molecule has 0 saturated carbocycles. The Morgan fingerprint density at radius 3 is 1.05 bits per heavy atom. The predicted octanol–water partition coefficient (Wildman–Crippen LogP) is 11.3. The molecule has 0 saturated heterocycles. The van der Waals surface area contributed by atoms with Crippen molar-refractivity contribution in [1.82, 2.24) is 0 Å². The molecule has 0 fully saturated rings. The largest absolute Gasteiger partial charge is 0.184 e. The van der Waals surface area contributed by atoms with Gasteiger partial charge in [-0.05, 0) is 17.0 Å². The molecule has 3 aromatic rings. The molecule has 0 aromatic heterocycles. The maximum atomic E-state index is 10.4. The van der Waals surface area contributed by atoms with Crippen LogP contribution in [-0.4, -0.2) is 17.0 Å². The van der Waals surface area contributed by atoms with Gasteiger partial charge in [0.2, 0.25) is 0 Å². The van der Waals surface area contributed by atoms with E-state index in [4.69, 9.17) is 0 Å². The van der Waals surface area contributed by atoms with Crippen molar-refractivity contribution in [3.8, 4) is 0 Å². The Balaban J connectivity index is 0.000000497. The zero-order chi connectivity index (χ0) is 28.4. The monoisotopic (exact) mass is 554 g/mol. The molecule has 4 heteroatoms. The molecule has 0 aliphatic carbocycles. The molecule has 0 radical (unpaired) electrons. The fourth-order valence-electron chi connectivity index (χ4n) is 4.10. The van der Waals surface area contributed by atoms with Crippen LogP contribution in [0.25, 0.3) is 5.16 Å². The number of hydrogen-bond donors (Lipinski definition) is 0. The predicted molar refractivity (Wildman–Crippen MR) is 163 cm³/mol. The molecule has 0 N–H and O–H groups in total. The van der Waals surface area contributed by atoms with Crippen LogP contribution in [0.1, 0.15) is 92.2 Å². The SMILES string of the molecule is CC(C)P(=[N-])(C(C)C)C(C)C.CC(C)c1cccc(C(C)C)c1[N]=[V].[c-]1ccccc1.[c-]1ccccc1. The second-order valence-corrected chi connectivity index (χ2v) is 15.4. The molecule has 3 rings (SSSR count). The molecule has 0 aliphatic rings. The van der Waals surface area contributed by atoms with Gasteiger partial charge in [0.1, 0.15) is 0 Å². The summed E-state index contributed by atoms with van der Waals surface area (Å²) in [5, 5.41) is 10.4. The molecular formula is C33H48N2PV-3. The fourth-order valence-corrected chi connectivity index (χ4v) is 8.04. The van der Waals surface area contributed by atoms with Crippen LogP contribution >= 0.6 is 7.05 Å².